The van der Waals surface area contributed by atoms with E-state index >= 15 is 0 Å². The highest BCUT2D eigenvalue weighted by Gasteiger charge is 2.39. The fourth-order valence-corrected chi connectivity index (χ4v) is 2.46. The van der Waals surface area contributed by atoms with E-state index in [1.807, 2.05) is 0 Å². The average Bonchev–Trinajstić information content (AvgIpc) is 2.52. The van der Waals surface area contributed by atoms with Gasteiger partial charge in [-0.1, -0.05) is 24.3 Å². The Morgan fingerprint density at radius 2 is 1.26 bits per heavy atom. The Bertz CT molecular complexity index is 803. The highest BCUT2D eigenvalue weighted by atomic mass is 19.4. The lowest BCUT2D eigenvalue weighted by Gasteiger charge is -2.19. The van der Waals surface area contributed by atoms with Gasteiger partial charge in [0.05, 0.1) is 16.7 Å². The molecule has 1 unspecified atom stereocenters. The summed E-state index contributed by atoms with van der Waals surface area (Å²) in [5.41, 5.74) is -5.57. The molecular weight excluding hydrogens is 391 g/mol. The molecule has 0 fully saturated rings. The van der Waals surface area contributed by atoms with E-state index < -0.39 is 53.3 Å². The minimum Gasteiger partial charge on any atom is -0.228 e. The van der Waals surface area contributed by atoms with Gasteiger partial charge >= 0.3 is 18.5 Å². The van der Waals surface area contributed by atoms with E-state index in [1.54, 1.807) is 0 Å². The maximum atomic E-state index is 13.1. The predicted octanol–water partition coefficient (Wildman–Crippen LogP) is 6.46. The topological polar surface area (TPSA) is 19.9 Å². The van der Waals surface area contributed by atoms with Crippen LogP contribution in [0.5, 0.6) is 0 Å². The molecule has 0 saturated heterocycles. The summed E-state index contributed by atoms with van der Waals surface area (Å²) in [6, 6.07) is 4.02. The molecule has 2 rings (SSSR count). The van der Waals surface area contributed by atoms with Crippen LogP contribution in [0.15, 0.2) is 42.5 Å². The van der Waals surface area contributed by atoms with Gasteiger partial charge in [0.25, 0.3) is 0 Å². The van der Waals surface area contributed by atoms with Crippen molar-refractivity contribution in [1.82, 2.24) is 0 Å². The minimum atomic E-state index is -5.23. The third-order valence-corrected chi connectivity index (χ3v) is 3.71. The molecular formula is C17H10F9O. The van der Waals surface area contributed by atoms with Crippen molar-refractivity contribution in [2.24, 2.45) is 0 Å². The van der Waals surface area contributed by atoms with Crippen molar-refractivity contribution < 1.29 is 44.6 Å². The SMILES string of the molecule is [O]C(Cc1cccc(C(F)(F)F)c1)c1ccc(C(F)(F)F)cc1C(F)(F)F. The number of hydrogen-bond acceptors (Lipinski definition) is 0. The number of halogens is 9. The van der Waals surface area contributed by atoms with E-state index in [9.17, 15) is 44.6 Å². The lowest BCUT2D eigenvalue weighted by molar-refractivity contribution is -0.144. The van der Waals surface area contributed by atoms with E-state index in [2.05, 4.69) is 0 Å². The second-order valence-corrected chi connectivity index (χ2v) is 5.69. The highest BCUT2D eigenvalue weighted by molar-refractivity contribution is 5.38. The Labute approximate surface area is 147 Å². The zero-order valence-corrected chi connectivity index (χ0v) is 13.1. The van der Waals surface area contributed by atoms with Crippen LogP contribution in [0.2, 0.25) is 0 Å². The minimum absolute atomic E-state index is 0.174. The van der Waals surface area contributed by atoms with Crippen molar-refractivity contribution in [2.75, 3.05) is 0 Å². The fraction of sp³-hybridized carbons (Fsp3) is 0.294. The summed E-state index contributed by atoms with van der Waals surface area (Å²) >= 11 is 0. The maximum absolute atomic E-state index is 13.1. The summed E-state index contributed by atoms with van der Waals surface area (Å²) in [4.78, 5) is 0. The molecule has 0 spiro atoms. The van der Waals surface area contributed by atoms with Crippen LogP contribution in [0, 0.1) is 0 Å². The normalized spacial score (nSPS) is 14.3. The summed E-state index contributed by atoms with van der Waals surface area (Å²) in [6.07, 6.45) is -17.9. The average molecular weight is 401 g/mol. The lowest BCUT2D eigenvalue weighted by atomic mass is 9.94. The zero-order chi connectivity index (χ0) is 20.6. The molecule has 0 aliphatic heterocycles. The van der Waals surface area contributed by atoms with Gasteiger partial charge in [0.1, 0.15) is 6.10 Å². The largest absolute Gasteiger partial charge is 0.416 e. The van der Waals surface area contributed by atoms with Crippen molar-refractivity contribution in [3.05, 3.63) is 70.3 Å². The Morgan fingerprint density at radius 3 is 1.78 bits per heavy atom. The molecule has 0 saturated carbocycles. The van der Waals surface area contributed by atoms with Gasteiger partial charge in [0, 0.05) is 6.42 Å². The van der Waals surface area contributed by atoms with Gasteiger partial charge in [0.15, 0.2) is 0 Å². The van der Waals surface area contributed by atoms with Crippen molar-refractivity contribution in [1.29, 1.82) is 0 Å². The number of hydrogen-bond donors (Lipinski definition) is 0. The van der Waals surface area contributed by atoms with Crippen molar-refractivity contribution in [3.8, 4) is 0 Å². The summed E-state index contributed by atoms with van der Waals surface area (Å²) in [5.74, 6) is 0. The van der Waals surface area contributed by atoms with Crippen molar-refractivity contribution in [2.45, 2.75) is 31.1 Å². The van der Waals surface area contributed by atoms with Crippen LogP contribution in [0.4, 0.5) is 39.5 Å². The third kappa shape index (κ3) is 5.15. The molecule has 10 heteroatoms. The second-order valence-electron chi connectivity index (χ2n) is 5.69. The Balaban J connectivity index is 2.40. The molecule has 2 aromatic carbocycles. The Morgan fingerprint density at radius 1 is 0.704 bits per heavy atom. The monoisotopic (exact) mass is 401 g/mol. The highest BCUT2D eigenvalue weighted by Crippen LogP contribution is 2.40. The lowest BCUT2D eigenvalue weighted by Crippen LogP contribution is -2.16. The summed E-state index contributed by atoms with van der Waals surface area (Å²) in [6.45, 7) is 0. The second kappa shape index (κ2) is 7.06. The van der Waals surface area contributed by atoms with Crippen LogP contribution in [0.1, 0.15) is 33.9 Å². The number of rotatable bonds is 3. The number of alkyl halides is 9. The van der Waals surface area contributed by atoms with E-state index in [0.717, 1.165) is 18.2 Å². The maximum Gasteiger partial charge on any atom is 0.416 e. The summed E-state index contributed by atoms with van der Waals surface area (Å²) in [7, 11) is 0. The first-order valence-electron chi connectivity index (χ1n) is 7.30. The van der Waals surface area contributed by atoms with E-state index in [0.29, 0.717) is 18.2 Å². The third-order valence-electron chi connectivity index (χ3n) is 3.71. The van der Waals surface area contributed by atoms with Gasteiger partial charge in [-0.2, -0.15) is 39.5 Å². The molecule has 2 aromatic rings. The molecule has 0 heterocycles. The van der Waals surface area contributed by atoms with Crippen LogP contribution in [0.25, 0.3) is 0 Å². The zero-order valence-electron chi connectivity index (χ0n) is 13.1. The molecule has 147 valence electrons. The first kappa shape index (κ1) is 21.1. The van der Waals surface area contributed by atoms with Crippen LogP contribution in [-0.2, 0) is 30.1 Å². The molecule has 1 atom stereocenters. The van der Waals surface area contributed by atoms with Gasteiger partial charge in [-0.05, 0) is 29.3 Å². The van der Waals surface area contributed by atoms with Crippen molar-refractivity contribution >= 4 is 0 Å². The van der Waals surface area contributed by atoms with Gasteiger partial charge < -0.3 is 0 Å². The molecule has 1 nitrogen and oxygen atoms in total. The quantitative estimate of drug-likeness (QED) is 0.527. The van der Waals surface area contributed by atoms with Crippen LogP contribution in [0.3, 0.4) is 0 Å². The smallest absolute Gasteiger partial charge is 0.228 e. The van der Waals surface area contributed by atoms with Crippen LogP contribution < -0.4 is 0 Å². The van der Waals surface area contributed by atoms with E-state index in [-0.39, 0.29) is 11.6 Å². The Kier molecular flexibility index (Phi) is 5.51. The molecule has 0 aliphatic carbocycles. The van der Waals surface area contributed by atoms with Gasteiger partial charge in [-0.3, -0.25) is 0 Å². The first-order chi connectivity index (χ1) is 12.2. The molecule has 27 heavy (non-hydrogen) atoms. The summed E-state index contributed by atoms with van der Waals surface area (Å²) < 4.78 is 115. The Hall–Kier alpha value is -2.23. The number of benzene rings is 2. The molecule has 0 amide bonds. The van der Waals surface area contributed by atoms with Gasteiger partial charge in [0.2, 0.25) is 0 Å². The van der Waals surface area contributed by atoms with Crippen molar-refractivity contribution in [3.63, 3.8) is 0 Å². The van der Waals surface area contributed by atoms with E-state index in [4.69, 9.17) is 0 Å². The molecule has 0 bridgehead atoms. The molecule has 1 radical (unpaired) electrons. The van der Waals surface area contributed by atoms with E-state index in [1.165, 1.54) is 0 Å². The fourth-order valence-electron chi connectivity index (χ4n) is 2.46. The standard InChI is InChI=1S/C17H10F9O/c18-15(19,20)10-3-1-2-9(6-10)7-14(27)12-5-4-11(16(21,22)23)8-13(12)17(24,25)26/h1-6,8,14H,7H2. The predicted molar refractivity (Wildman–Crippen MR) is 75.0 cm³/mol. The van der Waals surface area contributed by atoms with Crippen LogP contribution >= 0.6 is 0 Å². The molecule has 0 aromatic heterocycles. The van der Waals surface area contributed by atoms with Gasteiger partial charge in [-0.25, -0.2) is 5.11 Å². The molecule has 0 N–H and O–H groups in total. The molecule has 0 aliphatic rings. The van der Waals surface area contributed by atoms with Crippen LogP contribution in [-0.4, -0.2) is 0 Å². The van der Waals surface area contributed by atoms with Gasteiger partial charge in [-0.15, -0.1) is 0 Å². The first-order valence-corrected chi connectivity index (χ1v) is 7.30. The summed E-state index contributed by atoms with van der Waals surface area (Å²) in [5, 5.41) is 12.2.